The predicted molar refractivity (Wildman–Crippen MR) is 53.4 cm³/mol. The minimum Gasteiger partial charge on any atom is -0.384 e. The van der Waals surface area contributed by atoms with E-state index in [9.17, 15) is 0 Å². The number of aromatic nitrogens is 3. The standard InChI is InChI=1S/C9H14ClN3O/c1-14-5-4-8-11-12-9(6-10)13(8)7-2-3-7/h7H,2-6H2,1H3. The summed E-state index contributed by atoms with van der Waals surface area (Å²) >= 11 is 5.80. The van der Waals surface area contributed by atoms with Gasteiger partial charge in [-0.3, -0.25) is 0 Å². The van der Waals surface area contributed by atoms with Gasteiger partial charge in [-0.25, -0.2) is 0 Å². The third kappa shape index (κ3) is 1.91. The number of nitrogens with zero attached hydrogens (tertiary/aromatic N) is 3. The van der Waals surface area contributed by atoms with Gasteiger partial charge >= 0.3 is 0 Å². The smallest absolute Gasteiger partial charge is 0.148 e. The van der Waals surface area contributed by atoms with E-state index < -0.39 is 0 Å². The van der Waals surface area contributed by atoms with Gasteiger partial charge in [-0.05, 0) is 12.8 Å². The van der Waals surface area contributed by atoms with Crippen molar-refractivity contribution in [2.45, 2.75) is 31.2 Å². The fraction of sp³-hybridized carbons (Fsp3) is 0.778. The van der Waals surface area contributed by atoms with E-state index in [4.69, 9.17) is 16.3 Å². The van der Waals surface area contributed by atoms with Crippen LogP contribution in [0.4, 0.5) is 0 Å². The van der Waals surface area contributed by atoms with Crippen LogP contribution in [0.1, 0.15) is 30.5 Å². The molecule has 5 heteroatoms. The van der Waals surface area contributed by atoms with E-state index in [1.807, 2.05) is 0 Å². The van der Waals surface area contributed by atoms with E-state index in [-0.39, 0.29) is 0 Å². The Morgan fingerprint density at radius 2 is 2.14 bits per heavy atom. The summed E-state index contributed by atoms with van der Waals surface area (Å²) in [5, 5.41) is 8.21. The number of alkyl halides is 1. The maximum Gasteiger partial charge on any atom is 0.148 e. The van der Waals surface area contributed by atoms with Crippen molar-refractivity contribution >= 4 is 11.6 Å². The Balaban J connectivity index is 2.16. The molecule has 1 saturated carbocycles. The first-order valence-electron chi connectivity index (χ1n) is 4.84. The Labute approximate surface area is 88.2 Å². The molecule has 0 spiro atoms. The normalized spacial score (nSPS) is 16.1. The minimum absolute atomic E-state index is 0.441. The van der Waals surface area contributed by atoms with E-state index >= 15 is 0 Å². The molecule has 0 bridgehead atoms. The predicted octanol–water partition coefficient (Wildman–Crippen LogP) is 1.54. The largest absolute Gasteiger partial charge is 0.384 e. The first-order chi connectivity index (χ1) is 6.86. The molecule has 0 unspecified atom stereocenters. The number of halogens is 1. The molecule has 4 nitrogen and oxygen atoms in total. The molecule has 0 radical (unpaired) electrons. The molecule has 14 heavy (non-hydrogen) atoms. The molecule has 78 valence electrons. The van der Waals surface area contributed by atoms with Crippen LogP contribution in [0.2, 0.25) is 0 Å². The van der Waals surface area contributed by atoms with Crippen LogP contribution in [-0.4, -0.2) is 28.5 Å². The van der Waals surface area contributed by atoms with Crippen molar-refractivity contribution in [3.63, 3.8) is 0 Å². The monoisotopic (exact) mass is 215 g/mol. The second-order valence-electron chi connectivity index (χ2n) is 3.51. The summed E-state index contributed by atoms with van der Waals surface area (Å²) in [7, 11) is 1.69. The van der Waals surface area contributed by atoms with E-state index in [0.29, 0.717) is 18.5 Å². The zero-order valence-electron chi connectivity index (χ0n) is 8.24. The molecule has 1 aromatic heterocycles. The fourth-order valence-electron chi connectivity index (χ4n) is 1.57. The summed E-state index contributed by atoms with van der Waals surface area (Å²) in [5.74, 6) is 2.33. The van der Waals surface area contributed by atoms with Crippen LogP contribution < -0.4 is 0 Å². The Kier molecular flexibility index (Phi) is 3.03. The van der Waals surface area contributed by atoms with Crippen molar-refractivity contribution in [1.29, 1.82) is 0 Å². The summed E-state index contributed by atoms with van der Waals surface area (Å²) in [5.41, 5.74) is 0. The molecule has 0 amide bonds. The second kappa shape index (κ2) is 4.28. The maximum atomic E-state index is 5.80. The second-order valence-corrected chi connectivity index (χ2v) is 3.78. The molecule has 0 N–H and O–H groups in total. The highest BCUT2D eigenvalue weighted by Crippen LogP contribution is 2.36. The number of hydrogen-bond donors (Lipinski definition) is 0. The Bertz CT molecular complexity index is 309. The first kappa shape index (κ1) is 9.93. The molecule has 0 aromatic carbocycles. The van der Waals surface area contributed by atoms with Gasteiger partial charge in [0, 0.05) is 19.6 Å². The quantitative estimate of drug-likeness (QED) is 0.700. The topological polar surface area (TPSA) is 39.9 Å². The lowest BCUT2D eigenvalue weighted by molar-refractivity contribution is 0.199. The van der Waals surface area contributed by atoms with Crippen LogP contribution in [0.25, 0.3) is 0 Å². The number of ether oxygens (including phenoxy) is 1. The highest BCUT2D eigenvalue weighted by molar-refractivity contribution is 6.16. The van der Waals surface area contributed by atoms with Crippen molar-refractivity contribution in [3.05, 3.63) is 11.6 Å². The van der Waals surface area contributed by atoms with Gasteiger partial charge in [-0.2, -0.15) is 0 Å². The molecule has 0 saturated heterocycles. The third-order valence-electron chi connectivity index (χ3n) is 2.40. The molecule has 1 aromatic rings. The van der Waals surface area contributed by atoms with Gasteiger partial charge in [0.2, 0.25) is 0 Å². The lowest BCUT2D eigenvalue weighted by Gasteiger charge is -2.06. The van der Waals surface area contributed by atoms with Gasteiger partial charge in [-0.1, -0.05) is 0 Å². The van der Waals surface area contributed by atoms with Crippen molar-refractivity contribution in [2.75, 3.05) is 13.7 Å². The minimum atomic E-state index is 0.441. The molecule has 1 heterocycles. The van der Waals surface area contributed by atoms with Crippen LogP contribution in [-0.2, 0) is 17.0 Å². The van der Waals surface area contributed by atoms with Crippen LogP contribution >= 0.6 is 11.6 Å². The van der Waals surface area contributed by atoms with E-state index in [0.717, 1.165) is 18.1 Å². The SMILES string of the molecule is COCCc1nnc(CCl)n1C1CC1. The Hall–Kier alpha value is -0.610. The number of hydrogen-bond acceptors (Lipinski definition) is 3. The van der Waals surface area contributed by atoms with E-state index in [2.05, 4.69) is 14.8 Å². The average molecular weight is 216 g/mol. The lowest BCUT2D eigenvalue weighted by Crippen LogP contribution is -2.07. The highest BCUT2D eigenvalue weighted by Gasteiger charge is 2.28. The Morgan fingerprint density at radius 3 is 2.71 bits per heavy atom. The van der Waals surface area contributed by atoms with Gasteiger partial charge < -0.3 is 9.30 Å². The zero-order chi connectivity index (χ0) is 9.97. The molecular weight excluding hydrogens is 202 g/mol. The van der Waals surface area contributed by atoms with Crippen molar-refractivity contribution in [1.82, 2.24) is 14.8 Å². The summed E-state index contributed by atoms with van der Waals surface area (Å²) in [6.45, 7) is 0.688. The zero-order valence-corrected chi connectivity index (χ0v) is 9.00. The molecule has 1 aliphatic carbocycles. The first-order valence-corrected chi connectivity index (χ1v) is 5.37. The number of methoxy groups -OCH3 is 1. The maximum absolute atomic E-state index is 5.80. The van der Waals surface area contributed by atoms with E-state index in [1.165, 1.54) is 12.8 Å². The molecular formula is C9H14ClN3O. The summed E-state index contributed by atoms with van der Waals surface area (Å²) < 4.78 is 7.20. The molecule has 0 atom stereocenters. The van der Waals surface area contributed by atoms with Crippen molar-refractivity contribution in [2.24, 2.45) is 0 Å². The van der Waals surface area contributed by atoms with Crippen molar-refractivity contribution < 1.29 is 4.74 Å². The molecule has 2 rings (SSSR count). The summed E-state index contributed by atoms with van der Waals surface area (Å²) in [4.78, 5) is 0. The van der Waals surface area contributed by atoms with Gasteiger partial charge in [0.15, 0.2) is 0 Å². The fourth-order valence-corrected chi connectivity index (χ4v) is 1.75. The van der Waals surface area contributed by atoms with Crippen LogP contribution in [0.3, 0.4) is 0 Å². The Morgan fingerprint density at radius 1 is 1.43 bits per heavy atom. The van der Waals surface area contributed by atoms with Gasteiger partial charge in [0.25, 0.3) is 0 Å². The average Bonchev–Trinajstić information content (AvgIpc) is 2.96. The summed E-state index contributed by atoms with van der Waals surface area (Å²) in [6.07, 6.45) is 3.26. The summed E-state index contributed by atoms with van der Waals surface area (Å²) in [6, 6.07) is 0.589. The molecule has 0 aliphatic heterocycles. The van der Waals surface area contributed by atoms with E-state index in [1.54, 1.807) is 7.11 Å². The van der Waals surface area contributed by atoms with Gasteiger partial charge in [-0.15, -0.1) is 21.8 Å². The molecule has 1 fully saturated rings. The van der Waals surface area contributed by atoms with Crippen LogP contribution in [0.5, 0.6) is 0 Å². The highest BCUT2D eigenvalue weighted by atomic mass is 35.5. The third-order valence-corrected chi connectivity index (χ3v) is 2.64. The lowest BCUT2D eigenvalue weighted by atomic mass is 10.4. The van der Waals surface area contributed by atoms with Crippen molar-refractivity contribution in [3.8, 4) is 0 Å². The molecule has 1 aliphatic rings. The van der Waals surface area contributed by atoms with Crippen LogP contribution in [0, 0.1) is 0 Å². The van der Waals surface area contributed by atoms with Crippen LogP contribution in [0.15, 0.2) is 0 Å². The van der Waals surface area contributed by atoms with Gasteiger partial charge in [0.1, 0.15) is 11.6 Å². The number of rotatable bonds is 5. The van der Waals surface area contributed by atoms with Gasteiger partial charge in [0.05, 0.1) is 12.5 Å².